The van der Waals surface area contributed by atoms with Crippen molar-refractivity contribution in [2.45, 2.75) is 13.0 Å². The molecule has 0 fully saturated rings. The Hall–Kier alpha value is -3.29. The molecule has 0 spiro atoms. The Morgan fingerprint density at radius 3 is 2.75 bits per heavy atom. The van der Waals surface area contributed by atoms with Gasteiger partial charge in [-0.15, -0.1) is 11.3 Å². The molecular formula is C21H18N6S. The summed E-state index contributed by atoms with van der Waals surface area (Å²) >= 11 is 1.77. The fourth-order valence-corrected chi connectivity index (χ4v) is 4.55. The second kappa shape index (κ2) is 6.70. The zero-order valence-electron chi connectivity index (χ0n) is 15.0. The molecule has 28 heavy (non-hydrogen) atoms. The third kappa shape index (κ3) is 3.00. The Kier molecular flexibility index (Phi) is 4.03. The summed E-state index contributed by atoms with van der Waals surface area (Å²) in [6, 6.07) is 14.8. The molecule has 5 aromatic rings. The number of nitrogen functional groups attached to an aromatic ring is 1. The van der Waals surface area contributed by atoms with Gasteiger partial charge in [0.05, 0.1) is 17.4 Å². The number of H-pyrrole nitrogens is 1. The minimum Gasteiger partial charge on any atom is -0.368 e. The SMILES string of the molecule is NCc1ccc2sc(-c3cc(Cc4ccnc(N)n4)cc4cn[nH]c34)cc2c1. The van der Waals surface area contributed by atoms with Crippen LogP contribution in [0.2, 0.25) is 0 Å². The molecule has 0 aliphatic carbocycles. The van der Waals surface area contributed by atoms with Crippen LogP contribution in [0.25, 0.3) is 31.4 Å². The highest BCUT2D eigenvalue weighted by molar-refractivity contribution is 7.22. The molecule has 0 saturated carbocycles. The number of nitrogens with zero attached hydrogens (tertiary/aromatic N) is 3. The predicted molar refractivity (Wildman–Crippen MR) is 114 cm³/mol. The van der Waals surface area contributed by atoms with Crippen molar-refractivity contribution in [1.82, 2.24) is 20.2 Å². The number of rotatable bonds is 4. The number of aromatic nitrogens is 4. The second-order valence-electron chi connectivity index (χ2n) is 6.75. The molecule has 0 saturated heterocycles. The summed E-state index contributed by atoms with van der Waals surface area (Å²) in [5.41, 5.74) is 16.9. The van der Waals surface area contributed by atoms with Gasteiger partial charge in [0.2, 0.25) is 5.95 Å². The van der Waals surface area contributed by atoms with E-state index in [2.05, 4.69) is 56.6 Å². The molecule has 3 heterocycles. The lowest BCUT2D eigenvalue weighted by atomic mass is 10.0. The van der Waals surface area contributed by atoms with Crippen molar-refractivity contribution in [2.24, 2.45) is 5.73 Å². The van der Waals surface area contributed by atoms with E-state index in [1.807, 2.05) is 12.3 Å². The Labute approximate surface area is 165 Å². The molecule has 0 unspecified atom stereocenters. The number of thiophene rings is 1. The smallest absolute Gasteiger partial charge is 0.220 e. The van der Waals surface area contributed by atoms with Crippen LogP contribution in [0.5, 0.6) is 0 Å². The molecule has 6 nitrogen and oxygen atoms in total. The lowest BCUT2D eigenvalue weighted by molar-refractivity contribution is 1.04. The van der Waals surface area contributed by atoms with Crippen LogP contribution in [-0.2, 0) is 13.0 Å². The fourth-order valence-electron chi connectivity index (χ4n) is 3.49. The van der Waals surface area contributed by atoms with Crippen molar-refractivity contribution in [3.05, 3.63) is 71.7 Å². The van der Waals surface area contributed by atoms with E-state index in [4.69, 9.17) is 11.5 Å². The molecule has 0 aliphatic heterocycles. The van der Waals surface area contributed by atoms with Crippen LogP contribution in [0.1, 0.15) is 16.8 Å². The largest absolute Gasteiger partial charge is 0.368 e. The van der Waals surface area contributed by atoms with Crippen molar-refractivity contribution < 1.29 is 0 Å². The van der Waals surface area contributed by atoms with Crippen molar-refractivity contribution in [3.63, 3.8) is 0 Å². The first-order chi connectivity index (χ1) is 13.7. The van der Waals surface area contributed by atoms with Gasteiger partial charge >= 0.3 is 0 Å². The van der Waals surface area contributed by atoms with E-state index >= 15 is 0 Å². The zero-order chi connectivity index (χ0) is 19.1. The summed E-state index contributed by atoms with van der Waals surface area (Å²) in [6.07, 6.45) is 4.23. The van der Waals surface area contributed by atoms with E-state index in [0.29, 0.717) is 18.9 Å². The summed E-state index contributed by atoms with van der Waals surface area (Å²) in [6.45, 7) is 0.545. The molecule has 0 radical (unpaired) electrons. The van der Waals surface area contributed by atoms with Gasteiger partial charge in [0, 0.05) is 39.7 Å². The minimum atomic E-state index is 0.294. The molecular weight excluding hydrogens is 368 g/mol. The van der Waals surface area contributed by atoms with E-state index in [-0.39, 0.29) is 0 Å². The summed E-state index contributed by atoms with van der Waals surface area (Å²) in [5.74, 6) is 0.294. The van der Waals surface area contributed by atoms with Gasteiger partial charge in [-0.25, -0.2) is 9.97 Å². The first-order valence-corrected chi connectivity index (χ1v) is 9.77. The molecule has 7 heteroatoms. The number of anilines is 1. The van der Waals surface area contributed by atoms with Crippen LogP contribution in [0.4, 0.5) is 5.95 Å². The number of aromatic amines is 1. The average Bonchev–Trinajstić information content (AvgIpc) is 3.33. The van der Waals surface area contributed by atoms with Crippen molar-refractivity contribution in [3.8, 4) is 10.4 Å². The Morgan fingerprint density at radius 2 is 1.89 bits per heavy atom. The van der Waals surface area contributed by atoms with Crippen LogP contribution in [0.15, 0.2) is 54.9 Å². The maximum absolute atomic E-state index is 5.79. The van der Waals surface area contributed by atoms with Crippen molar-refractivity contribution in [1.29, 1.82) is 0 Å². The van der Waals surface area contributed by atoms with Crippen molar-refractivity contribution >= 4 is 38.3 Å². The number of nitrogens with two attached hydrogens (primary N) is 2. The predicted octanol–water partition coefficient (Wildman–Crippen LogP) is 3.87. The summed E-state index contributed by atoms with van der Waals surface area (Å²) in [5, 5.41) is 9.68. The Bertz CT molecular complexity index is 1300. The quantitative estimate of drug-likeness (QED) is 0.435. The van der Waals surface area contributed by atoms with Gasteiger partial charge in [-0.1, -0.05) is 6.07 Å². The second-order valence-corrected chi connectivity index (χ2v) is 7.83. The number of hydrogen-bond donors (Lipinski definition) is 3. The molecule has 0 bridgehead atoms. The van der Waals surface area contributed by atoms with Gasteiger partial charge in [0.25, 0.3) is 0 Å². The van der Waals surface area contributed by atoms with Crippen LogP contribution in [0.3, 0.4) is 0 Å². The van der Waals surface area contributed by atoms with Crippen LogP contribution >= 0.6 is 11.3 Å². The van der Waals surface area contributed by atoms with E-state index in [1.54, 1.807) is 17.5 Å². The van der Waals surface area contributed by atoms with Crippen molar-refractivity contribution in [2.75, 3.05) is 5.73 Å². The first kappa shape index (κ1) is 16.9. The summed E-state index contributed by atoms with van der Waals surface area (Å²) in [4.78, 5) is 9.49. The van der Waals surface area contributed by atoms with Crippen LogP contribution in [-0.4, -0.2) is 20.2 Å². The van der Waals surface area contributed by atoms with E-state index in [9.17, 15) is 0 Å². The van der Waals surface area contributed by atoms with Crippen LogP contribution in [0, 0.1) is 0 Å². The van der Waals surface area contributed by atoms with Gasteiger partial charge in [-0.2, -0.15) is 5.10 Å². The molecule has 2 aromatic carbocycles. The highest BCUT2D eigenvalue weighted by Gasteiger charge is 2.12. The number of fused-ring (bicyclic) bond motifs is 2. The highest BCUT2D eigenvalue weighted by atomic mass is 32.1. The lowest BCUT2D eigenvalue weighted by Crippen LogP contribution is -1.99. The summed E-state index contributed by atoms with van der Waals surface area (Å²) in [7, 11) is 0. The number of nitrogens with one attached hydrogen (secondary N) is 1. The van der Waals surface area contributed by atoms with Gasteiger partial charge in [-0.3, -0.25) is 5.10 Å². The van der Waals surface area contributed by atoms with Gasteiger partial charge in [-0.05, 0) is 52.9 Å². The molecule has 5 N–H and O–H groups in total. The standard InChI is InChI=1S/C21H18N6S/c22-10-12-1-2-18-14(5-12)9-19(28-18)17-8-13(6-15-11-25-27-20(15)17)7-16-3-4-24-21(23)26-16/h1-6,8-9,11H,7,10,22H2,(H,25,27)(H2,23,24,26). The third-order valence-electron chi connectivity index (χ3n) is 4.81. The lowest BCUT2D eigenvalue weighted by Gasteiger charge is -2.06. The number of hydrogen-bond acceptors (Lipinski definition) is 6. The first-order valence-electron chi connectivity index (χ1n) is 8.96. The average molecular weight is 386 g/mol. The van der Waals surface area contributed by atoms with Gasteiger partial charge in [0.1, 0.15) is 0 Å². The fraction of sp³-hybridized carbons (Fsp3) is 0.0952. The highest BCUT2D eigenvalue weighted by Crippen LogP contribution is 2.37. The number of benzene rings is 2. The molecule has 0 aliphatic rings. The van der Waals surface area contributed by atoms with Gasteiger partial charge in [0.15, 0.2) is 0 Å². The van der Waals surface area contributed by atoms with Gasteiger partial charge < -0.3 is 11.5 Å². The van der Waals surface area contributed by atoms with E-state index in [1.165, 1.54) is 15.0 Å². The van der Waals surface area contributed by atoms with Crippen LogP contribution < -0.4 is 11.5 Å². The Balaban J connectivity index is 1.63. The monoisotopic (exact) mass is 386 g/mol. The molecule has 0 amide bonds. The van der Waals surface area contributed by atoms with E-state index < -0.39 is 0 Å². The Morgan fingerprint density at radius 1 is 1.00 bits per heavy atom. The molecule has 5 rings (SSSR count). The summed E-state index contributed by atoms with van der Waals surface area (Å²) < 4.78 is 1.24. The van der Waals surface area contributed by atoms with E-state index in [0.717, 1.165) is 33.3 Å². The topological polar surface area (TPSA) is 106 Å². The molecule has 0 atom stereocenters. The molecule has 138 valence electrons. The third-order valence-corrected chi connectivity index (χ3v) is 5.96. The maximum atomic E-state index is 5.79. The molecule has 3 aromatic heterocycles. The normalized spacial score (nSPS) is 11.5. The minimum absolute atomic E-state index is 0.294. The zero-order valence-corrected chi connectivity index (χ0v) is 15.8. The maximum Gasteiger partial charge on any atom is 0.220 e.